The van der Waals surface area contributed by atoms with Crippen molar-refractivity contribution in [3.8, 4) is 11.6 Å². The van der Waals surface area contributed by atoms with E-state index in [1.54, 1.807) is 30.5 Å². The Morgan fingerprint density at radius 2 is 1.94 bits per heavy atom. The van der Waals surface area contributed by atoms with Crippen LogP contribution in [0.1, 0.15) is 11.1 Å². The Morgan fingerprint density at radius 3 is 2.67 bits per heavy atom. The van der Waals surface area contributed by atoms with Gasteiger partial charge in [0.05, 0.1) is 12.8 Å². The number of aromatic nitrogens is 3. The summed E-state index contributed by atoms with van der Waals surface area (Å²) in [6.07, 6.45) is 3.08. The molecule has 2 aromatic heterocycles. The van der Waals surface area contributed by atoms with Crippen LogP contribution in [0.2, 0.25) is 0 Å². The number of benzene rings is 2. The number of aliphatic imine (C=N–C) groups is 1. The number of ether oxygens (including phenoxy) is 1. The van der Waals surface area contributed by atoms with Crippen LogP contribution in [0.3, 0.4) is 0 Å². The molecule has 0 aliphatic carbocycles. The number of rotatable bonds is 6. The minimum Gasteiger partial charge on any atom is -0.493 e. The molecule has 0 fully saturated rings. The summed E-state index contributed by atoms with van der Waals surface area (Å²) in [5, 5.41) is 11.6. The molecule has 1 atom stereocenters. The molecule has 0 aliphatic rings. The van der Waals surface area contributed by atoms with Crippen molar-refractivity contribution in [2.24, 2.45) is 4.99 Å². The maximum Gasteiger partial charge on any atom is 0.335 e. The number of methoxy groups -OCH3 is 1. The van der Waals surface area contributed by atoms with E-state index in [0.717, 1.165) is 31.7 Å². The summed E-state index contributed by atoms with van der Waals surface area (Å²) >= 11 is 3.31. The molecule has 0 amide bonds. The second-order valence-electron chi connectivity index (χ2n) is 7.19. The Balaban J connectivity index is 1.72. The number of hydrogen-bond acceptors (Lipinski definition) is 6. The average molecular weight is 511 g/mol. The molecule has 0 saturated heterocycles. The smallest absolute Gasteiger partial charge is 0.335 e. The largest absolute Gasteiger partial charge is 0.493 e. The fourth-order valence-corrected chi connectivity index (χ4v) is 3.76. The molecule has 0 aliphatic heterocycles. The zero-order valence-electron chi connectivity index (χ0n) is 17.4. The zero-order valence-corrected chi connectivity index (χ0v) is 19.0. The molecule has 10 heteroatoms. The lowest BCUT2D eigenvalue weighted by atomic mass is 10.1. The van der Waals surface area contributed by atoms with Gasteiger partial charge in [0, 0.05) is 34.2 Å². The van der Waals surface area contributed by atoms with E-state index in [2.05, 4.69) is 30.9 Å². The van der Waals surface area contributed by atoms with Crippen molar-refractivity contribution in [1.82, 2.24) is 14.5 Å². The normalized spacial score (nSPS) is 12.3. The van der Waals surface area contributed by atoms with Crippen LogP contribution in [0.25, 0.3) is 16.6 Å². The molecule has 4 rings (SSSR count). The number of fused-ring (bicyclic) bond motifs is 1. The van der Waals surface area contributed by atoms with Crippen LogP contribution in [0.5, 0.6) is 5.88 Å². The molecule has 2 aromatic carbocycles. The van der Waals surface area contributed by atoms with Crippen LogP contribution < -0.4 is 11.2 Å². The van der Waals surface area contributed by atoms with Crippen molar-refractivity contribution in [1.29, 1.82) is 0 Å². The molecule has 9 nitrogen and oxygen atoms in total. The van der Waals surface area contributed by atoms with Gasteiger partial charge in [-0.05, 0) is 35.9 Å². The van der Waals surface area contributed by atoms with Gasteiger partial charge >= 0.3 is 11.7 Å². The van der Waals surface area contributed by atoms with Crippen LogP contribution in [0, 0.1) is 0 Å². The Hall–Kier alpha value is -3.92. The van der Waals surface area contributed by atoms with E-state index in [-0.39, 0.29) is 12.0 Å². The number of aromatic amines is 2. The van der Waals surface area contributed by atoms with Crippen LogP contribution in [-0.2, 0) is 16.0 Å². The fraction of sp³-hybridized carbons (Fsp3) is 0.130. The number of nitrogens with zero attached hydrogens (tertiary/aromatic N) is 2. The molecule has 0 bridgehead atoms. The number of carbonyl (C=O) groups excluding carboxylic acids is 1. The third kappa shape index (κ3) is 4.51. The molecule has 2 heterocycles. The number of halogens is 1. The van der Waals surface area contributed by atoms with Crippen molar-refractivity contribution < 1.29 is 14.6 Å². The summed E-state index contributed by atoms with van der Waals surface area (Å²) in [6.45, 7) is 0. The number of aromatic hydroxyl groups is 1. The molecule has 0 saturated carbocycles. The summed E-state index contributed by atoms with van der Waals surface area (Å²) in [6, 6.07) is 13.2. The first-order valence-corrected chi connectivity index (χ1v) is 10.7. The third-order valence-corrected chi connectivity index (χ3v) is 5.68. The summed E-state index contributed by atoms with van der Waals surface area (Å²) in [7, 11) is 1.25. The fourth-order valence-electron chi connectivity index (χ4n) is 3.49. The van der Waals surface area contributed by atoms with Gasteiger partial charge in [-0.15, -0.1) is 0 Å². The lowest BCUT2D eigenvalue weighted by Gasteiger charge is -2.11. The van der Waals surface area contributed by atoms with Gasteiger partial charge in [0.2, 0.25) is 5.88 Å². The second-order valence-corrected chi connectivity index (χ2v) is 8.10. The average Bonchev–Trinajstić information content (AvgIpc) is 3.21. The minimum atomic E-state index is -0.971. The first-order valence-electron chi connectivity index (χ1n) is 9.89. The van der Waals surface area contributed by atoms with Gasteiger partial charge in [-0.3, -0.25) is 14.8 Å². The number of H-pyrrole nitrogens is 2. The maximum atomic E-state index is 12.4. The van der Waals surface area contributed by atoms with Crippen LogP contribution in [-0.4, -0.2) is 45.0 Å². The van der Waals surface area contributed by atoms with Crippen LogP contribution in [0.4, 0.5) is 0 Å². The highest BCUT2D eigenvalue weighted by molar-refractivity contribution is 9.10. The minimum absolute atomic E-state index is 0.207. The first-order chi connectivity index (χ1) is 15.9. The van der Waals surface area contributed by atoms with Gasteiger partial charge in [-0.1, -0.05) is 34.1 Å². The topological polar surface area (TPSA) is 130 Å². The summed E-state index contributed by atoms with van der Waals surface area (Å²) in [5.41, 5.74) is 0.206. The van der Waals surface area contributed by atoms with E-state index in [4.69, 9.17) is 4.74 Å². The molecule has 0 unspecified atom stereocenters. The summed E-state index contributed by atoms with van der Waals surface area (Å²) in [4.78, 5) is 46.7. The quantitative estimate of drug-likeness (QED) is 0.271. The van der Waals surface area contributed by atoms with E-state index in [0.29, 0.717) is 5.69 Å². The highest BCUT2D eigenvalue weighted by Gasteiger charge is 2.21. The highest BCUT2D eigenvalue weighted by atomic mass is 79.9. The molecule has 3 N–H and O–H groups in total. The van der Waals surface area contributed by atoms with Crippen LogP contribution in [0.15, 0.2) is 73.8 Å². The molecule has 33 heavy (non-hydrogen) atoms. The predicted octanol–water partition coefficient (Wildman–Crippen LogP) is 2.68. The monoisotopic (exact) mass is 510 g/mol. The Morgan fingerprint density at radius 1 is 1.21 bits per heavy atom. The number of para-hydroxylation sites is 1. The van der Waals surface area contributed by atoms with Crippen molar-refractivity contribution in [2.75, 3.05) is 7.11 Å². The lowest BCUT2D eigenvalue weighted by Crippen LogP contribution is -2.31. The molecular weight excluding hydrogens is 492 g/mol. The highest BCUT2D eigenvalue weighted by Crippen LogP contribution is 2.21. The zero-order chi connectivity index (χ0) is 23.5. The second kappa shape index (κ2) is 9.29. The molecule has 168 valence electrons. The first kappa shape index (κ1) is 22.3. The number of hydrogen-bond donors (Lipinski definition) is 3. The van der Waals surface area contributed by atoms with Gasteiger partial charge in [0.1, 0.15) is 5.56 Å². The van der Waals surface area contributed by atoms with E-state index in [1.807, 2.05) is 24.3 Å². The molecule has 0 radical (unpaired) electrons. The lowest BCUT2D eigenvalue weighted by molar-refractivity contribution is -0.142. The Labute approximate surface area is 195 Å². The SMILES string of the molecule is COC(=O)[C@@H](Cc1c[nH]c2ccccc12)N=Cc1c(O)n(-c2ccc(Br)cc2)c(=O)[nH]c1=O. The number of nitrogens with one attached hydrogen (secondary N) is 2. The van der Waals surface area contributed by atoms with E-state index in [9.17, 15) is 19.5 Å². The van der Waals surface area contributed by atoms with E-state index in [1.165, 1.54) is 7.11 Å². The van der Waals surface area contributed by atoms with Gasteiger partial charge < -0.3 is 14.8 Å². The third-order valence-electron chi connectivity index (χ3n) is 5.15. The Bertz CT molecular complexity index is 1470. The number of carbonyl (C=O) groups is 1. The molecule has 0 spiro atoms. The van der Waals surface area contributed by atoms with Crippen molar-refractivity contribution in [2.45, 2.75) is 12.5 Å². The summed E-state index contributed by atoms with van der Waals surface area (Å²) in [5.74, 6) is -1.20. The van der Waals surface area contributed by atoms with Crippen molar-refractivity contribution in [3.63, 3.8) is 0 Å². The summed E-state index contributed by atoms with van der Waals surface area (Å²) < 4.78 is 6.60. The van der Waals surface area contributed by atoms with Gasteiger partial charge in [0.25, 0.3) is 5.56 Å². The van der Waals surface area contributed by atoms with E-state index >= 15 is 0 Å². The maximum absolute atomic E-state index is 12.4. The van der Waals surface area contributed by atoms with Gasteiger partial charge in [-0.2, -0.15) is 0 Å². The Kier molecular flexibility index (Phi) is 6.27. The predicted molar refractivity (Wildman–Crippen MR) is 127 cm³/mol. The number of esters is 1. The molecule has 4 aromatic rings. The van der Waals surface area contributed by atoms with Gasteiger partial charge in [0.15, 0.2) is 6.04 Å². The molecular formula is C23H19BrN4O5. The standard InChI is InChI=1S/C23H19BrN4O5/c1-33-22(31)19(10-13-11-25-18-5-3-2-4-16(13)18)26-12-17-20(29)27-23(32)28(21(17)30)15-8-6-14(24)7-9-15/h2-9,11-12,19,25,30H,10H2,1H3,(H,27,29,32)/t19-/m1/s1. The van der Waals surface area contributed by atoms with Gasteiger partial charge in [-0.25, -0.2) is 14.2 Å². The van der Waals surface area contributed by atoms with Crippen LogP contribution >= 0.6 is 15.9 Å². The van der Waals surface area contributed by atoms with Crippen molar-refractivity contribution >= 4 is 39.0 Å². The van der Waals surface area contributed by atoms with Crippen molar-refractivity contribution in [3.05, 3.63) is 91.2 Å². The van der Waals surface area contributed by atoms with E-state index < -0.39 is 29.1 Å².